The summed E-state index contributed by atoms with van der Waals surface area (Å²) in [6.07, 6.45) is 5.22. The van der Waals surface area contributed by atoms with Crippen molar-refractivity contribution in [3.63, 3.8) is 0 Å². The Morgan fingerprint density at radius 3 is 2.29 bits per heavy atom. The van der Waals surface area contributed by atoms with Crippen LogP contribution in [-0.2, 0) is 4.79 Å². The smallest absolute Gasteiger partial charge is 0.263 e. The molecule has 2 unspecified atom stereocenters. The lowest BCUT2D eigenvalue weighted by molar-refractivity contribution is -0.135. The van der Waals surface area contributed by atoms with E-state index in [1.807, 2.05) is 31.2 Å². The quantitative estimate of drug-likeness (QED) is 0.472. The van der Waals surface area contributed by atoms with Crippen LogP contribution in [0.5, 0.6) is 5.75 Å². The molecule has 3 N–H and O–H groups in total. The number of aryl methyl sites for hydroxylation is 1. The Labute approximate surface area is 222 Å². The fourth-order valence-electron chi connectivity index (χ4n) is 5.57. The summed E-state index contributed by atoms with van der Waals surface area (Å²) in [5.41, 5.74) is 7.33. The van der Waals surface area contributed by atoms with Crippen molar-refractivity contribution in [2.24, 2.45) is 5.73 Å². The van der Waals surface area contributed by atoms with Gasteiger partial charge in [-0.2, -0.15) is 0 Å². The zero-order valence-corrected chi connectivity index (χ0v) is 21.9. The largest absolute Gasteiger partial charge is 0.478 e. The molecule has 1 aromatic heterocycles. The number of carbonyl (C=O) groups excluding carboxylic acids is 2. The van der Waals surface area contributed by atoms with Gasteiger partial charge in [-0.3, -0.25) is 9.59 Å². The zero-order valence-electron chi connectivity index (χ0n) is 21.9. The van der Waals surface area contributed by atoms with Gasteiger partial charge in [-0.25, -0.2) is 9.37 Å². The topological polar surface area (TPSA) is 97.5 Å². The molecule has 2 aliphatic rings. The van der Waals surface area contributed by atoms with Crippen molar-refractivity contribution in [2.45, 2.75) is 70.2 Å². The first-order valence-corrected chi connectivity index (χ1v) is 13.0. The van der Waals surface area contributed by atoms with Crippen LogP contribution in [0.2, 0.25) is 0 Å². The molecule has 3 aromatic rings. The van der Waals surface area contributed by atoms with Crippen LogP contribution in [0.1, 0.15) is 55.5 Å². The van der Waals surface area contributed by atoms with Gasteiger partial charge in [0, 0.05) is 24.3 Å². The van der Waals surface area contributed by atoms with Gasteiger partial charge in [0.1, 0.15) is 17.4 Å². The molecule has 0 aliphatic carbocycles. The van der Waals surface area contributed by atoms with E-state index in [1.165, 1.54) is 18.3 Å². The average molecular weight is 517 g/mol. The molecule has 5 rings (SSSR count). The van der Waals surface area contributed by atoms with Crippen LogP contribution in [0, 0.1) is 12.7 Å². The molecule has 0 radical (unpaired) electrons. The van der Waals surface area contributed by atoms with E-state index in [9.17, 15) is 14.0 Å². The van der Waals surface area contributed by atoms with Crippen LogP contribution in [0.3, 0.4) is 0 Å². The number of aromatic nitrogens is 1. The number of fused-ring (bicyclic) bond motifs is 2. The molecule has 2 bridgehead atoms. The molecule has 3 heterocycles. The lowest BCUT2D eigenvalue weighted by Crippen LogP contribution is -2.55. The lowest BCUT2D eigenvalue weighted by atomic mass is 9.96. The van der Waals surface area contributed by atoms with E-state index < -0.39 is 11.5 Å². The normalized spacial score (nSPS) is 20.7. The number of piperidine rings is 1. The minimum atomic E-state index is -1.09. The van der Waals surface area contributed by atoms with Gasteiger partial charge in [-0.05, 0) is 93.5 Å². The maximum absolute atomic E-state index is 13.4. The number of anilines is 1. The first-order valence-electron chi connectivity index (χ1n) is 13.0. The fourth-order valence-corrected chi connectivity index (χ4v) is 5.57. The average Bonchev–Trinajstić information content (AvgIpc) is 3.15. The summed E-state index contributed by atoms with van der Waals surface area (Å²) in [4.78, 5) is 31.6. The first kappa shape index (κ1) is 25.7. The molecular formula is C30H33FN4O3. The molecule has 2 amide bonds. The van der Waals surface area contributed by atoms with Gasteiger partial charge >= 0.3 is 0 Å². The summed E-state index contributed by atoms with van der Waals surface area (Å²) >= 11 is 0. The number of carbonyl (C=O) groups is 2. The highest BCUT2D eigenvalue weighted by Gasteiger charge is 2.43. The van der Waals surface area contributed by atoms with Crippen LogP contribution >= 0.6 is 0 Å². The van der Waals surface area contributed by atoms with Crippen molar-refractivity contribution in [2.75, 3.05) is 4.90 Å². The number of pyridine rings is 1. The second-order valence-corrected chi connectivity index (χ2v) is 10.8. The highest BCUT2D eigenvalue weighted by molar-refractivity contribution is 5.92. The van der Waals surface area contributed by atoms with Crippen LogP contribution in [0.4, 0.5) is 10.2 Å². The van der Waals surface area contributed by atoms with E-state index in [0.29, 0.717) is 11.3 Å². The number of primary amides is 1. The standard InChI is InChI=1S/C30H33FN4O3/c1-18-4-5-20(19-6-9-22(31)10-7-19)14-26(18)38-30(2,3)29(37)34-23-15-24-11-12-25(16-23)35(24)27-13-8-21(17-33-27)28(32)36/h4-10,13-14,17,23-25H,11-12,15-16H2,1-3H3,(H2,32,36)(H,34,37). The third-order valence-corrected chi connectivity index (χ3v) is 7.64. The first-order chi connectivity index (χ1) is 18.1. The van der Waals surface area contributed by atoms with E-state index in [0.717, 1.165) is 48.2 Å². The Morgan fingerprint density at radius 2 is 1.68 bits per heavy atom. The number of hydrogen-bond acceptors (Lipinski definition) is 5. The molecular weight excluding hydrogens is 483 g/mol. The number of benzene rings is 2. The van der Waals surface area contributed by atoms with Crippen LogP contribution in [0.15, 0.2) is 60.8 Å². The van der Waals surface area contributed by atoms with Crippen molar-refractivity contribution in [1.82, 2.24) is 10.3 Å². The number of rotatable bonds is 7. The number of nitrogens with two attached hydrogens (primary N) is 1. The molecule has 0 spiro atoms. The Hall–Kier alpha value is -3.94. The molecule has 2 aliphatic heterocycles. The molecule has 0 saturated carbocycles. The minimum Gasteiger partial charge on any atom is -0.478 e. The highest BCUT2D eigenvalue weighted by Crippen LogP contribution is 2.39. The highest BCUT2D eigenvalue weighted by atomic mass is 19.1. The molecule has 2 saturated heterocycles. The van der Waals surface area contributed by atoms with Crippen molar-refractivity contribution in [3.8, 4) is 16.9 Å². The maximum Gasteiger partial charge on any atom is 0.263 e. The van der Waals surface area contributed by atoms with E-state index >= 15 is 0 Å². The molecule has 2 atom stereocenters. The Morgan fingerprint density at radius 1 is 1.03 bits per heavy atom. The summed E-state index contributed by atoms with van der Waals surface area (Å²) in [5, 5.41) is 3.23. The third-order valence-electron chi connectivity index (χ3n) is 7.64. The fraction of sp³-hybridized carbons (Fsp3) is 0.367. The number of hydrogen-bond donors (Lipinski definition) is 2. The third kappa shape index (κ3) is 5.21. The van der Waals surface area contributed by atoms with Gasteiger partial charge in [-0.15, -0.1) is 0 Å². The summed E-state index contributed by atoms with van der Waals surface area (Å²) in [6, 6.07) is 16.2. The number of amides is 2. The van der Waals surface area contributed by atoms with E-state index in [4.69, 9.17) is 10.5 Å². The molecule has 2 aromatic carbocycles. The van der Waals surface area contributed by atoms with E-state index in [2.05, 4.69) is 15.2 Å². The predicted molar refractivity (Wildman–Crippen MR) is 144 cm³/mol. The second-order valence-electron chi connectivity index (χ2n) is 10.8. The Kier molecular flexibility index (Phi) is 6.82. The number of ether oxygens (including phenoxy) is 1. The lowest BCUT2D eigenvalue weighted by Gasteiger charge is -2.41. The minimum absolute atomic E-state index is 0.0377. The predicted octanol–water partition coefficient (Wildman–Crippen LogP) is 4.77. The summed E-state index contributed by atoms with van der Waals surface area (Å²) in [5.74, 6) is 0.521. The van der Waals surface area contributed by atoms with Crippen LogP contribution in [-0.4, -0.2) is 40.5 Å². The van der Waals surface area contributed by atoms with Crippen molar-refractivity contribution in [3.05, 3.63) is 77.7 Å². The van der Waals surface area contributed by atoms with Gasteiger partial charge in [-0.1, -0.05) is 24.3 Å². The van der Waals surface area contributed by atoms with Crippen LogP contribution in [0.25, 0.3) is 11.1 Å². The van der Waals surface area contributed by atoms with E-state index in [1.54, 1.807) is 32.0 Å². The van der Waals surface area contributed by atoms with Crippen LogP contribution < -0.4 is 20.7 Å². The number of halogens is 1. The van der Waals surface area contributed by atoms with E-state index in [-0.39, 0.29) is 29.8 Å². The Bertz CT molecular complexity index is 1330. The van der Waals surface area contributed by atoms with Crippen molar-refractivity contribution in [1.29, 1.82) is 0 Å². The van der Waals surface area contributed by atoms with Gasteiger partial charge in [0.2, 0.25) is 5.91 Å². The van der Waals surface area contributed by atoms with Gasteiger partial charge < -0.3 is 20.7 Å². The molecule has 8 heteroatoms. The molecule has 2 fully saturated rings. The SMILES string of the molecule is Cc1ccc(-c2ccc(F)cc2)cc1OC(C)(C)C(=O)NC1CC2CCC(C1)N2c1ccc(C(N)=O)cn1. The van der Waals surface area contributed by atoms with Gasteiger partial charge in [0.15, 0.2) is 5.60 Å². The number of nitrogens with one attached hydrogen (secondary N) is 1. The molecule has 7 nitrogen and oxygen atoms in total. The second kappa shape index (κ2) is 10.1. The molecule has 38 heavy (non-hydrogen) atoms. The van der Waals surface area contributed by atoms with Gasteiger partial charge in [0.05, 0.1) is 5.56 Å². The molecule has 198 valence electrons. The zero-order chi connectivity index (χ0) is 27.0. The maximum atomic E-state index is 13.4. The Balaban J connectivity index is 1.24. The van der Waals surface area contributed by atoms with Crippen molar-refractivity contribution < 1.29 is 18.7 Å². The monoisotopic (exact) mass is 516 g/mol. The summed E-state index contributed by atoms with van der Waals surface area (Å²) in [6.45, 7) is 5.50. The number of nitrogens with zero attached hydrogens (tertiary/aromatic N) is 2. The van der Waals surface area contributed by atoms with Gasteiger partial charge in [0.25, 0.3) is 5.91 Å². The van der Waals surface area contributed by atoms with Crippen molar-refractivity contribution >= 4 is 17.6 Å². The summed E-state index contributed by atoms with van der Waals surface area (Å²) in [7, 11) is 0. The summed E-state index contributed by atoms with van der Waals surface area (Å²) < 4.78 is 19.6.